The van der Waals surface area contributed by atoms with Crippen molar-refractivity contribution in [1.82, 2.24) is 25.1 Å². The van der Waals surface area contributed by atoms with Gasteiger partial charge in [0.05, 0.1) is 22.6 Å². The van der Waals surface area contributed by atoms with Gasteiger partial charge in [-0.2, -0.15) is 10.1 Å². The fourth-order valence-electron chi connectivity index (χ4n) is 2.81. The summed E-state index contributed by atoms with van der Waals surface area (Å²) in [5.41, 5.74) is 3.61. The molecule has 0 aliphatic rings. The van der Waals surface area contributed by atoms with Crippen LogP contribution in [0.3, 0.4) is 0 Å². The molecular formula is C19H18IN7O2. The highest BCUT2D eigenvalue weighted by atomic mass is 127. The van der Waals surface area contributed by atoms with E-state index in [0.717, 1.165) is 26.1 Å². The second-order valence-electron chi connectivity index (χ2n) is 6.31. The molecule has 0 bridgehead atoms. The van der Waals surface area contributed by atoms with Crippen molar-refractivity contribution >= 4 is 45.9 Å². The number of anilines is 4. The van der Waals surface area contributed by atoms with Gasteiger partial charge in [0.2, 0.25) is 5.95 Å². The van der Waals surface area contributed by atoms with E-state index in [2.05, 4.69) is 58.4 Å². The number of rotatable bonds is 6. The van der Waals surface area contributed by atoms with Gasteiger partial charge in [0.1, 0.15) is 5.75 Å². The Morgan fingerprint density at radius 2 is 2.00 bits per heavy atom. The SMILES string of the molecule is COc1cc(-c2cnco2)c(C)cc1Nc1ncc(I)c(Nc2cc(C)[nH]n2)n1. The molecule has 3 heterocycles. The van der Waals surface area contributed by atoms with Crippen molar-refractivity contribution < 1.29 is 9.15 Å². The normalized spacial score (nSPS) is 10.8. The Morgan fingerprint density at radius 3 is 2.69 bits per heavy atom. The summed E-state index contributed by atoms with van der Waals surface area (Å²) in [6.45, 7) is 3.93. The maximum absolute atomic E-state index is 5.55. The monoisotopic (exact) mass is 503 g/mol. The number of aromatic amines is 1. The Hall–Kier alpha value is -3.15. The number of nitrogens with zero attached hydrogens (tertiary/aromatic N) is 4. The standard InChI is InChI=1S/C19H18IN7O2/c1-10-4-14(15(28-3)6-12(10)16-8-21-9-29-16)23-19-22-7-13(20)18(25-19)24-17-5-11(2)26-27-17/h4-9H,1-3H3,(H3,22,23,24,25,26,27). The summed E-state index contributed by atoms with van der Waals surface area (Å²) in [5.74, 6) is 3.10. The van der Waals surface area contributed by atoms with Crippen LogP contribution in [0.2, 0.25) is 0 Å². The highest BCUT2D eigenvalue weighted by molar-refractivity contribution is 14.1. The van der Waals surface area contributed by atoms with E-state index in [-0.39, 0.29) is 0 Å². The van der Waals surface area contributed by atoms with Gasteiger partial charge in [-0.3, -0.25) is 5.10 Å². The van der Waals surface area contributed by atoms with Gasteiger partial charge in [-0.05, 0) is 54.1 Å². The van der Waals surface area contributed by atoms with Gasteiger partial charge < -0.3 is 19.8 Å². The highest BCUT2D eigenvalue weighted by Crippen LogP contribution is 2.35. The molecule has 0 saturated heterocycles. The average molecular weight is 503 g/mol. The van der Waals surface area contributed by atoms with Crippen LogP contribution in [0.15, 0.2) is 41.4 Å². The van der Waals surface area contributed by atoms with E-state index in [1.54, 1.807) is 19.5 Å². The summed E-state index contributed by atoms with van der Waals surface area (Å²) in [5, 5.41) is 13.5. The van der Waals surface area contributed by atoms with Crippen molar-refractivity contribution in [3.8, 4) is 17.1 Å². The fraction of sp³-hybridized carbons (Fsp3) is 0.158. The highest BCUT2D eigenvalue weighted by Gasteiger charge is 2.14. The number of halogens is 1. The zero-order chi connectivity index (χ0) is 20.4. The average Bonchev–Trinajstić information content (AvgIpc) is 3.37. The smallest absolute Gasteiger partial charge is 0.229 e. The van der Waals surface area contributed by atoms with Gasteiger partial charge in [-0.25, -0.2) is 9.97 Å². The zero-order valence-electron chi connectivity index (χ0n) is 15.9. The van der Waals surface area contributed by atoms with Crippen molar-refractivity contribution in [3.05, 3.63) is 51.8 Å². The number of H-pyrrole nitrogens is 1. The molecule has 3 N–H and O–H groups in total. The molecule has 1 aromatic carbocycles. The Labute approximate surface area is 180 Å². The van der Waals surface area contributed by atoms with Gasteiger partial charge in [0.15, 0.2) is 23.8 Å². The third kappa shape index (κ3) is 4.16. The molecule has 0 saturated carbocycles. The predicted molar refractivity (Wildman–Crippen MR) is 118 cm³/mol. The molecule has 9 nitrogen and oxygen atoms in total. The number of oxazole rings is 1. The molecular weight excluding hydrogens is 485 g/mol. The summed E-state index contributed by atoms with van der Waals surface area (Å²) in [4.78, 5) is 12.9. The molecule has 0 unspecified atom stereocenters. The van der Waals surface area contributed by atoms with Gasteiger partial charge in [0, 0.05) is 23.5 Å². The van der Waals surface area contributed by atoms with E-state index in [0.29, 0.717) is 29.1 Å². The maximum atomic E-state index is 5.55. The van der Waals surface area contributed by atoms with Gasteiger partial charge in [-0.1, -0.05) is 0 Å². The molecule has 0 atom stereocenters. The van der Waals surface area contributed by atoms with Crippen LogP contribution < -0.4 is 15.4 Å². The first kappa shape index (κ1) is 19.2. The predicted octanol–water partition coefficient (Wildman–Crippen LogP) is 4.57. The van der Waals surface area contributed by atoms with Crippen LogP contribution >= 0.6 is 22.6 Å². The van der Waals surface area contributed by atoms with E-state index in [1.165, 1.54) is 6.39 Å². The number of ether oxygens (including phenoxy) is 1. The zero-order valence-corrected chi connectivity index (χ0v) is 18.1. The minimum absolute atomic E-state index is 0.435. The fourth-order valence-corrected chi connectivity index (χ4v) is 3.20. The molecule has 10 heteroatoms. The lowest BCUT2D eigenvalue weighted by molar-refractivity contribution is 0.416. The van der Waals surface area contributed by atoms with Crippen LogP contribution in [0.25, 0.3) is 11.3 Å². The van der Waals surface area contributed by atoms with E-state index in [4.69, 9.17) is 9.15 Å². The molecule has 3 aromatic heterocycles. The molecule has 0 fully saturated rings. The number of aryl methyl sites for hydroxylation is 2. The molecule has 148 valence electrons. The van der Waals surface area contributed by atoms with E-state index < -0.39 is 0 Å². The number of methoxy groups -OCH3 is 1. The first-order valence-electron chi connectivity index (χ1n) is 8.69. The van der Waals surface area contributed by atoms with Crippen molar-refractivity contribution in [1.29, 1.82) is 0 Å². The van der Waals surface area contributed by atoms with Crippen LogP contribution in [0.1, 0.15) is 11.3 Å². The lowest BCUT2D eigenvalue weighted by Crippen LogP contribution is -2.04. The van der Waals surface area contributed by atoms with Crippen molar-refractivity contribution in [2.75, 3.05) is 17.7 Å². The molecule has 4 rings (SSSR count). The van der Waals surface area contributed by atoms with Crippen molar-refractivity contribution in [2.45, 2.75) is 13.8 Å². The van der Waals surface area contributed by atoms with Crippen molar-refractivity contribution in [2.24, 2.45) is 0 Å². The summed E-state index contributed by atoms with van der Waals surface area (Å²) >= 11 is 2.18. The minimum Gasteiger partial charge on any atom is -0.495 e. The minimum atomic E-state index is 0.435. The molecule has 0 amide bonds. The van der Waals surface area contributed by atoms with Crippen LogP contribution in [0.5, 0.6) is 5.75 Å². The lowest BCUT2D eigenvalue weighted by Gasteiger charge is -2.14. The third-order valence-electron chi connectivity index (χ3n) is 4.19. The van der Waals surface area contributed by atoms with Gasteiger partial charge in [0.25, 0.3) is 0 Å². The first-order chi connectivity index (χ1) is 14.0. The number of nitrogens with one attached hydrogen (secondary N) is 3. The third-order valence-corrected chi connectivity index (χ3v) is 4.98. The summed E-state index contributed by atoms with van der Waals surface area (Å²) in [6, 6.07) is 5.76. The van der Waals surface area contributed by atoms with Crippen LogP contribution in [0.4, 0.5) is 23.3 Å². The van der Waals surface area contributed by atoms with Crippen LogP contribution in [-0.4, -0.2) is 32.3 Å². The second kappa shape index (κ2) is 8.07. The number of aromatic nitrogens is 5. The summed E-state index contributed by atoms with van der Waals surface area (Å²) in [6.07, 6.45) is 4.81. The quantitative estimate of drug-likeness (QED) is 0.328. The summed E-state index contributed by atoms with van der Waals surface area (Å²) < 4.78 is 11.8. The molecule has 29 heavy (non-hydrogen) atoms. The van der Waals surface area contributed by atoms with Crippen molar-refractivity contribution in [3.63, 3.8) is 0 Å². The lowest BCUT2D eigenvalue weighted by atomic mass is 10.1. The molecule has 0 aliphatic heterocycles. The molecule has 4 aromatic rings. The Morgan fingerprint density at radius 1 is 1.14 bits per heavy atom. The van der Waals surface area contributed by atoms with Crippen LogP contribution in [-0.2, 0) is 0 Å². The maximum Gasteiger partial charge on any atom is 0.229 e. The summed E-state index contributed by atoms with van der Waals surface area (Å²) in [7, 11) is 1.61. The van der Waals surface area contributed by atoms with E-state index in [1.807, 2.05) is 32.0 Å². The topological polar surface area (TPSA) is 114 Å². The Bertz CT molecular complexity index is 1140. The van der Waals surface area contributed by atoms with E-state index in [9.17, 15) is 0 Å². The Balaban J connectivity index is 1.63. The number of hydrogen-bond acceptors (Lipinski definition) is 8. The Kier molecular flexibility index (Phi) is 5.34. The molecule has 0 spiro atoms. The molecule has 0 radical (unpaired) electrons. The first-order valence-corrected chi connectivity index (χ1v) is 9.77. The largest absolute Gasteiger partial charge is 0.495 e. The van der Waals surface area contributed by atoms with E-state index >= 15 is 0 Å². The van der Waals surface area contributed by atoms with Crippen LogP contribution in [0, 0.1) is 17.4 Å². The number of hydrogen-bond donors (Lipinski definition) is 3. The number of benzene rings is 1. The van der Waals surface area contributed by atoms with Gasteiger partial charge >= 0.3 is 0 Å². The van der Waals surface area contributed by atoms with Gasteiger partial charge in [-0.15, -0.1) is 0 Å². The second-order valence-corrected chi connectivity index (χ2v) is 7.47. The molecule has 0 aliphatic carbocycles.